The molecule has 2 rings (SSSR count). The molecule has 18 heavy (non-hydrogen) atoms. The standard InChI is InChI=1S/C11H19N2O3PS/c1-9-12-10-4-5-13(8-11(10)18-9)6-7-17(14,15-2)16-3/h4-8H2,1-3H3. The number of nitrogens with zero attached hydrogens (tertiary/aromatic N) is 2. The average Bonchev–Trinajstić information content (AvgIpc) is 2.75. The zero-order chi connectivity index (χ0) is 13.2. The summed E-state index contributed by atoms with van der Waals surface area (Å²) >= 11 is 1.75. The van der Waals surface area contributed by atoms with Crippen LogP contribution in [0.5, 0.6) is 0 Å². The van der Waals surface area contributed by atoms with Crippen LogP contribution in [0, 0.1) is 6.92 Å². The molecular weight excluding hydrogens is 271 g/mol. The molecular formula is C11H19N2O3PS. The molecule has 0 amide bonds. The van der Waals surface area contributed by atoms with Gasteiger partial charge in [-0.05, 0) is 6.92 Å². The fourth-order valence-electron chi connectivity index (χ4n) is 2.09. The van der Waals surface area contributed by atoms with Gasteiger partial charge in [0.1, 0.15) is 0 Å². The molecule has 1 aromatic rings. The molecule has 0 aromatic carbocycles. The van der Waals surface area contributed by atoms with Crippen LogP contribution in [0.2, 0.25) is 0 Å². The Morgan fingerprint density at radius 1 is 1.44 bits per heavy atom. The Hall–Kier alpha value is -0.260. The van der Waals surface area contributed by atoms with E-state index in [9.17, 15) is 4.57 Å². The van der Waals surface area contributed by atoms with Crippen molar-refractivity contribution < 1.29 is 13.6 Å². The first-order valence-electron chi connectivity index (χ1n) is 5.94. The monoisotopic (exact) mass is 290 g/mol. The van der Waals surface area contributed by atoms with Crippen LogP contribution < -0.4 is 0 Å². The van der Waals surface area contributed by atoms with Crippen LogP contribution >= 0.6 is 18.9 Å². The van der Waals surface area contributed by atoms with Crippen molar-refractivity contribution in [2.75, 3.05) is 33.5 Å². The summed E-state index contributed by atoms with van der Waals surface area (Å²) in [6.07, 6.45) is 1.41. The first-order chi connectivity index (χ1) is 8.56. The minimum atomic E-state index is -2.88. The van der Waals surface area contributed by atoms with Crippen molar-refractivity contribution in [2.45, 2.75) is 19.9 Å². The van der Waals surface area contributed by atoms with Crippen LogP contribution in [0.4, 0.5) is 0 Å². The van der Waals surface area contributed by atoms with Gasteiger partial charge in [0.2, 0.25) is 0 Å². The van der Waals surface area contributed by atoms with Crippen molar-refractivity contribution in [1.82, 2.24) is 9.88 Å². The van der Waals surface area contributed by atoms with E-state index in [2.05, 4.69) is 9.88 Å². The molecule has 7 heteroatoms. The number of rotatable bonds is 5. The number of aryl methyl sites for hydroxylation is 1. The summed E-state index contributed by atoms with van der Waals surface area (Å²) in [5.41, 5.74) is 1.23. The Balaban J connectivity index is 1.92. The van der Waals surface area contributed by atoms with Crippen molar-refractivity contribution in [2.24, 2.45) is 0 Å². The highest BCUT2D eigenvalue weighted by Gasteiger charge is 2.25. The fourth-order valence-corrected chi connectivity index (χ4v) is 4.16. The lowest BCUT2D eigenvalue weighted by Gasteiger charge is -2.26. The van der Waals surface area contributed by atoms with E-state index >= 15 is 0 Å². The quantitative estimate of drug-likeness (QED) is 0.779. The fraction of sp³-hybridized carbons (Fsp3) is 0.727. The van der Waals surface area contributed by atoms with Crippen molar-refractivity contribution in [3.8, 4) is 0 Å². The lowest BCUT2D eigenvalue weighted by Crippen LogP contribution is -2.32. The van der Waals surface area contributed by atoms with Crippen LogP contribution in [0.1, 0.15) is 15.6 Å². The van der Waals surface area contributed by atoms with E-state index in [0.717, 1.165) is 31.1 Å². The summed E-state index contributed by atoms with van der Waals surface area (Å²) in [4.78, 5) is 8.13. The van der Waals surface area contributed by atoms with Crippen LogP contribution in [0.25, 0.3) is 0 Å². The van der Waals surface area contributed by atoms with E-state index in [-0.39, 0.29) is 0 Å². The predicted molar refractivity (Wildman–Crippen MR) is 72.3 cm³/mol. The molecule has 1 aliphatic rings. The maximum atomic E-state index is 12.0. The first kappa shape index (κ1) is 14.2. The summed E-state index contributed by atoms with van der Waals surface area (Å²) < 4.78 is 21.9. The molecule has 0 saturated heterocycles. The largest absolute Gasteiger partial charge is 0.331 e. The van der Waals surface area contributed by atoms with Gasteiger partial charge < -0.3 is 9.05 Å². The van der Waals surface area contributed by atoms with Crippen molar-refractivity contribution in [3.05, 3.63) is 15.6 Å². The lowest BCUT2D eigenvalue weighted by molar-refractivity contribution is 0.244. The van der Waals surface area contributed by atoms with Gasteiger partial charge in [0.15, 0.2) is 0 Å². The molecule has 0 unspecified atom stereocenters. The highest BCUT2D eigenvalue weighted by atomic mass is 32.1. The van der Waals surface area contributed by atoms with Crippen molar-refractivity contribution in [3.63, 3.8) is 0 Å². The minimum Gasteiger partial charge on any atom is -0.312 e. The molecule has 0 bridgehead atoms. The van der Waals surface area contributed by atoms with E-state index < -0.39 is 7.60 Å². The van der Waals surface area contributed by atoms with Crippen molar-refractivity contribution in [1.29, 1.82) is 0 Å². The molecule has 5 nitrogen and oxygen atoms in total. The molecule has 102 valence electrons. The summed E-state index contributed by atoms with van der Waals surface area (Å²) in [6.45, 7) is 4.63. The first-order valence-corrected chi connectivity index (χ1v) is 8.49. The van der Waals surface area contributed by atoms with E-state index in [1.165, 1.54) is 24.8 Å². The minimum absolute atomic E-state index is 0.438. The highest BCUT2D eigenvalue weighted by Crippen LogP contribution is 2.46. The second kappa shape index (κ2) is 5.80. The molecule has 1 aromatic heterocycles. The summed E-state index contributed by atoms with van der Waals surface area (Å²) in [6, 6.07) is 0. The van der Waals surface area contributed by atoms with Gasteiger partial charge in [-0.2, -0.15) is 0 Å². The third kappa shape index (κ3) is 3.19. The second-order valence-electron chi connectivity index (χ2n) is 4.33. The number of fused-ring (bicyclic) bond motifs is 1. The SMILES string of the molecule is COP(=O)(CCN1CCc2nc(C)sc2C1)OC. The van der Waals surface area contributed by atoms with Crippen LogP contribution in [-0.2, 0) is 26.6 Å². The molecule has 0 radical (unpaired) electrons. The summed E-state index contributed by atoms with van der Waals surface area (Å²) in [5, 5.41) is 1.13. The molecule has 2 heterocycles. The van der Waals surface area contributed by atoms with Crippen LogP contribution in [0.3, 0.4) is 0 Å². The maximum Gasteiger partial charge on any atom is 0.331 e. The van der Waals surface area contributed by atoms with Crippen LogP contribution in [-0.4, -0.2) is 43.4 Å². The smallest absolute Gasteiger partial charge is 0.312 e. The Labute approximate surface area is 112 Å². The molecule has 1 aliphatic heterocycles. The van der Waals surface area contributed by atoms with Gasteiger partial charge in [-0.25, -0.2) is 4.98 Å². The topological polar surface area (TPSA) is 51.7 Å². The number of hydrogen-bond donors (Lipinski definition) is 0. The van der Waals surface area contributed by atoms with Crippen molar-refractivity contribution >= 4 is 18.9 Å². The molecule has 0 aliphatic carbocycles. The summed E-state index contributed by atoms with van der Waals surface area (Å²) in [5.74, 6) is 0. The third-order valence-electron chi connectivity index (χ3n) is 3.16. The molecule has 0 saturated carbocycles. The lowest BCUT2D eigenvalue weighted by atomic mass is 10.2. The van der Waals surface area contributed by atoms with Gasteiger partial charge >= 0.3 is 7.60 Å². The van der Waals surface area contributed by atoms with E-state index in [1.807, 2.05) is 6.92 Å². The van der Waals surface area contributed by atoms with Gasteiger partial charge in [-0.15, -0.1) is 11.3 Å². The third-order valence-corrected chi connectivity index (χ3v) is 6.02. The number of thiazole rings is 1. The Kier molecular flexibility index (Phi) is 4.56. The maximum absolute atomic E-state index is 12.0. The van der Waals surface area contributed by atoms with Gasteiger partial charge in [0.05, 0.1) is 16.9 Å². The van der Waals surface area contributed by atoms with Gasteiger partial charge in [0.25, 0.3) is 0 Å². The van der Waals surface area contributed by atoms with Gasteiger partial charge in [0, 0.05) is 45.2 Å². The predicted octanol–water partition coefficient (Wildman–Crippen LogP) is 2.30. The Bertz CT molecular complexity index is 455. The zero-order valence-corrected chi connectivity index (χ0v) is 12.7. The van der Waals surface area contributed by atoms with E-state index in [4.69, 9.17) is 9.05 Å². The summed E-state index contributed by atoms with van der Waals surface area (Å²) in [7, 11) is -0.00964. The van der Waals surface area contributed by atoms with Gasteiger partial charge in [-0.3, -0.25) is 9.46 Å². The highest BCUT2D eigenvalue weighted by molar-refractivity contribution is 7.53. The molecule has 0 spiro atoms. The van der Waals surface area contributed by atoms with Gasteiger partial charge in [-0.1, -0.05) is 0 Å². The van der Waals surface area contributed by atoms with Crippen LogP contribution in [0.15, 0.2) is 0 Å². The molecule has 0 atom stereocenters. The Morgan fingerprint density at radius 3 is 2.83 bits per heavy atom. The zero-order valence-electron chi connectivity index (χ0n) is 11.0. The number of aromatic nitrogens is 1. The average molecular weight is 290 g/mol. The Morgan fingerprint density at radius 2 is 2.17 bits per heavy atom. The molecule has 0 fully saturated rings. The van der Waals surface area contributed by atoms with E-state index in [1.54, 1.807) is 11.3 Å². The number of hydrogen-bond acceptors (Lipinski definition) is 6. The normalized spacial score (nSPS) is 16.8. The van der Waals surface area contributed by atoms with E-state index in [0.29, 0.717) is 6.16 Å². The molecule has 0 N–H and O–H groups in total. The second-order valence-corrected chi connectivity index (χ2v) is 8.02.